The molecule has 0 fully saturated rings. The molecule has 14 heavy (non-hydrogen) atoms. The first-order valence-corrected chi connectivity index (χ1v) is 3.99. The molecule has 4 nitrogen and oxygen atoms in total. The Morgan fingerprint density at radius 1 is 1.43 bits per heavy atom. The zero-order chi connectivity index (χ0) is 9.68. The summed E-state index contributed by atoms with van der Waals surface area (Å²) in [5, 5.41) is 17.1. The fourth-order valence-electron chi connectivity index (χ4n) is 0.948. The summed E-state index contributed by atoms with van der Waals surface area (Å²) >= 11 is 0. The van der Waals surface area contributed by atoms with Crippen LogP contribution in [0.25, 0.3) is 0 Å². The van der Waals surface area contributed by atoms with E-state index in [1.54, 1.807) is 18.3 Å². The van der Waals surface area contributed by atoms with Crippen molar-refractivity contribution in [3.05, 3.63) is 29.6 Å². The minimum absolute atomic E-state index is 0. The average molecular weight is 218 g/mol. The molecule has 0 atom stereocenters. The second-order valence-electron chi connectivity index (χ2n) is 2.71. The van der Waals surface area contributed by atoms with Crippen LogP contribution in [-0.4, -0.2) is 21.2 Å². The lowest BCUT2D eigenvalue weighted by Crippen LogP contribution is -1.98. The second-order valence-corrected chi connectivity index (χ2v) is 2.71. The summed E-state index contributed by atoms with van der Waals surface area (Å²) in [7, 11) is 0. The number of carbonyl (C=O) groups is 1. The van der Waals surface area contributed by atoms with E-state index in [1.165, 1.54) is 0 Å². The highest BCUT2D eigenvalue weighted by atomic mass is 35.5. The molecule has 0 aliphatic carbocycles. The van der Waals surface area contributed by atoms with E-state index in [9.17, 15) is 4.79 Å². The third-order valence-electron chi connectivity index (χ3n) is 1.68. The van der Waals surface area contributed by atoms with E-state index in [-0.39, 0.29) is 25.4 Å². The maximum absolute atomic E-state index is 10.2. The van der Waals surface area contributed by atoms with Gasteiger partial charge in [-0.15, -0.1) is 12.4 Å². The Kier molecular flexibility index (Phi) is 5.83. The Labute approximate surface area is 88.0 Å². The lowest BCUT2D eigenvalue weighted by molar-refractivity contribution is -0.136. The largest absolute Gasteiger partial charge is 0.481 e. The van der Waals surface area contributed by atoms with Gasteiger partial charge in [0.25, 0.3) is 0 Å². The van der Waals surface area contributed by atoms with Crippen molar-refractivity contribution in [2.24, 2.45) is 0 Å². The molecular weight excluding hydrogens is 206 g/mol. The number of halogens is 1. The van der Waals surface area contributed by atoms with Gasteiger partial charge in [-0.2, -0.15) is 0 Å². The van der Waals surface area contributed by atoms with Gasteiger partial charge in [0.2, 0.25) is 0 Å². The number of aromatic nitrogens is 1. The van der Waals surface area contributed by atoms with Crippen molar-refractivity contribution < 1.29 is 15.0 Å². The number of rotatable bonds is 4. The molecule has 1 heterocycles. The van der Waals surface area contributed by atoms with Crippen LogP contribution in [0.1, 0.15) is 17.7 Å². The number of nitrogens with zero attached hydrogens (tertiary/aromatic N) is 1. The van der Waals surface area contributed by atoms with E-state index in [0.29, 0.717) is 12.1 Å². The van der Waals surface area contributed by atoms with Crippen LogP contribution in [0.2, 0.25) is 0 Å². The molecule has 0 radical (unpaired) electrons. The molecule has 0 saturated carbocycles. The first kappa shape index (κ1) is 12.9. The van der Waals surface area contributed by atoms with Gasteiger partial charge in [-0.3, -0.25) is 9.78 Å². The number of carboxylic acids is 1. The van der Waals surface area contributed by atoms with Gasteiger partial charge < -0.3 is 10.2 Å². The van der Waals surface area contributed by atoms with Crippen LogP contribution < -0.4 is 0 Å². The number of aryl methyl sites for hydroxylation is 1. The van der Waals surface area contributed by atoms with Crippen LogP contribution in [-0.2, 0) is 17.8 Å². The maximum atomic E-state index is 10.2. The minimum atomic E-state index is -0.814. The summed E-state index contributed by atoms with van der Waals surface area (Å²) < 4.78 is 0. The number of pyridine rings is 1. The molecule has 1 aromatic heterocycles. The zero-order valence-corrected chi connectivity index (χ0v) is 8.33. The normalized spacial score (nSPS) is 9.21. The van der Waals surface area contributed by atoms with Gasteiger partial charge in [0.15, 0.2) is 0 Å². The van der Waals surface area contributed by atoms with Crippen molar-refractivity contribution in [3.8, 4) is 0 Å². The summed E-state index contributed by atoms with van der Waals surface area (Å²) in [5.41, 5.74) is 1.47. The van der Waals surface area contributed by atoms with Gasteiger partial charge >= 0.3 is 5.97 Å². The first-order valence-electron chi connectivity index (χ1n) is 3.99. The molecule has 0 spiro atoms. The van der Waals surface area contributed by atoms with Crippen molar-refractivity contribution in [1.82, 2.24) is 4.98 Å². The van der Waals surface area contributed by atoms with Crippen molar-refractivity contribution in [2.75, 3.05) is 0 Å². The first-order chi connectivity index (χ1) is 6.22. The van der Waals surface area contributed by atoms with Crippen LogP contribution in [0, 0.1) is 0 Å². The molecule has 0 bridgehead atoms. The number of hydrogen-bond donors (Lipinski definition) is 2. The SMILES string of the molecule is Cl.O=C(O)CCc1ccc(CO)nc1. The predicted octanol–water partition coefficient (Wildman–Crippen LogP) is 1.01. The fraction of sp³-hybridized carbons (Fsp3) is 0.333. The number of hydrogen-bond acceptors (Lipinski definition) is 3. The lowest BCUT2D eigenvalue weighted by Gasteiger charge is -1.99. The molecule has 0 aliphatic rings. The Morgan fingerprint density at radius 2 is 2.14 bits per heavy atom. The number of carboxylic acid groups (broad SMARTS) is 1. The van der Waals surface area contributed by atoms with E-state index in [4.69, 9.17) is 10.2 Å². The minimum Gasteiger partial charge on any atom is -0.481 e. The number of aliphatic hydroxyl groups is 1. The van der Waals surface area contributed by atoms with Crippen LogP contribution in [0.5, 0.6) is 0 Å². The molecule has 1 aromatic rings. The summed E-state index contributed by atoms with van der Waals surface area (Å²) in [6.07, 6.45) is 2.18. The van der Waals surface area contributed by atoms with E-state index in [2.05, 4.69) is 4.98 Å². The van der Waals surface area contributed by atoms with Crippen molar-refractivity contribution in [3.63, 3.8) is 0 Å². The topological polar surface area (TPSA) is 70.4 Å². The van der Waals surface area contributed by atoms with Gasteiger partial charge in [-0.1, -0.05) is 6.07 Å². The molecular formula is C9H12ClNO3. The highest BCUT2D eigenvalue weighted by Crippen LogP contribution is 2.03. The van der Waals surface area contributed by atoms with E-state index in [1.807, 2.05) is 0 Å². The Hall–Kier alpha value is -1.13. The molecule has 0 amide bonds. The quantitative estimate of drug-likeness (QED) is 0.790. The summed E-state index contributed by atoms with van der Waals surface area (Å²) in [6.45, 7) is -0.0841. The third-order valence-corrected chi connectivity index (χ3v) is 1.68. The Bertz CT molecular complexity index is 287. The molecule has 0 aliphatic heterocycles. The van der Waals surface area contributed by atoms with Crippen molar-refractivity contribution >= 4 is 18.4 Å². The number of aliphatic carboxylic acids is 1. The molecule has 78 valence electrons. The highest BCUT2D eigenvalue weighted by Gasteiger charge is 1.99. The molecule has 0 aromatic carbocycles. The summed E-state index contributed by atoms with van der Waals surface area (Å²) in [6, 6.07) is 3.47. The zero-order valence-electron chi connectivity index (χ0n) is 7.51. The van der Waals surface area contributed by atoms with Crippen molar-refractivity contribution in [1.29, 1.82) is 0 Å². The molecule has 5 heteroatoms. The monoisotopic (exact) mass is 217 g/mol. The predicted molar refractivity (Wildman–Crippen MR) is 53.4 cm³/mol. The Balaban J connectivity index is 0.00000169. The van der Waals surface area contributed by atoms with E-state index < -0.39 is 5.97 Å². The van der Waals surface area contributed by atoms with Crippen LogP contribution in [0.3, 0.4) is 0 Å². The van der Waals surface area contributed by atoms with Crippen molar-refractivity contribution in [2.45, 2.75) is 19.4 Å². The fourth-order valence-corrected chi connectivity index (χ4v) is 0.948. The second kappa shape index (κ2) is 6.34. The van der Waals surface area contributed by atoms with Gasteiger partial charge in [-0.05, 0) is 18.1 Å². The Morgan fingerprint density at radius 3 is 2.57 bits per heavy atom. The smallest absolute Gasteiger partial charge is 0.303 e. The number of aliphatic hydroxyl groups excluding tert-OH is 1. The molecule has 2 N–H and O–H groups in total. The van der Waals surface area contributed by atoms with Gasteiger partial charge in [0.05, 0.1) is 12.3 Å². The molecule has 0 saturated heterocycles. The van der Waals surface area contributed by atoms with Crippen LogP contribution >= 0.6 is 12.4 Å². The van der Waals surface area contributed by atoms with E-state index in [0.717, 1.165) is 5.56 Å². The summed E-state index contributed by atoms with van der Waals surface area (Å²) in [5.74, 6) is -0.814. The van der Waals surface area contributed by atoms with Crippen LogP contribution in [0.15, 0.2) is 18.3 Å². The highest BCUT2D eigenvalue weighted by molar-refractivity contribution is 5.85. The third kappa shape index (κ3) is 4.20. The standard InChI is InChI=1S/C9H11NO3.ClH/c11-6-8-3-1-7(5-10-8)2-4-9(12)13;/h1,3,5,11H,2,4,6H2,(H,12,13);1H. The van der Waals surface area contributed by atoms with Gasteiger partial charge in [0, 0.05) is 12.6 Å². The van der Waals surface area contributed by atoms with Crippen LogP contribution in [0.4, 0.5) is 0 Å². The van der Waals surface area contributed by atoms with E-state index >= 15 is 0 Å². The maximum Gasteiger partial charge on any atom is 0.303 e. The van der Waals surface area contributed by atoms with Gasteiger partial charge in [0.1, 0.15) is 0 Å². The molecule has 0 unspecified atom stereocenters. The summed E-state index contributed by atoms with van der Waals surface area (Å²) in [4.78, 5) is 14.2. The average Bonchev–Trinajstić information content (AvgIpc) is 2.15. The lowest BCUT2D eigenvalue weighted by atomic mass is 10.1. The molecule has 1 rings (SSSR count). The van der Waals surface area contributed by atoms with Gasteiger partial charge in [-0.25, -0.2) is 0 Å².